The molecule has 0 radical (unpaired) electrons. The van der Waals surface area contributed by atoms with Gasteiger partial charge in [0.05, 0.1) is 38.8 Å². The quantitative estimate of drug-likeness (QED) is 0.0833. The Labute approximate surface area is 226 Å². The molecule has 0 fully saturated rings. The molecule has 40 heavy (non-hydrogen) atoms. The number of H-pyrrole nitrogens is 2. The second-order valence-corrected chi connectivity index (χ2v) is 8.69. The predicted octanol–water partition coefficient (Wildman–Crippen LogP) is -3.17. The largest absolute Gasteiger partial charge is 0.480 e. The van der Waals surface area contributed by atoms with Crippen molar-refractivity contribution < 1.29 is 49.2 Å². The highest BCUT2D eigenvalue weighted by molar-refractivity contribution is 5.86. The number of hydrogen-bond donors (Lipinski definition) is 8. The minimum atomic E-state index is -1.32. The minimum Gasteiger partial charge on any atom is -0.480 e. The molecule has 2 aromatic heterocycles. The molecular formula is C22H30N8O10. The van der Waals surface area contributed by atoms with Crippen molar-refractivity contribution in [3.63, 3.8) is 0 Å². The molecule has 0 aliphatic heterocycles. The van der Waals surface area contributed by atoms with Crippen molar-refractivity contribution in [1.29, 1.82) is 0 Å². The summed E-state index contributed by atoms with van der Waals surface area (Å²) < 4.78 is 0. The number of hydrogen-bond acceptors (Lipinski definition) is 10. The first-order valence-electron chi connectivity index (χ1n) is 11.8. The third-order valence-corrected chi connectivity index (χ3v) is 5.41. The molecule has 2 heterocycles. The van der Waals surface area contributed by atoms with Crippen LogP contribution in [0.25, 0.3) is 0 Å². The van der Waals surface area contributed by atoms with E-state index in [1.807, 2.05) is 0 Å². The Bertz CT molecular complexity index is 1060. The van der Waals surface area contributed by atoms with Crippen molar-refractivity contribution in [2.45, 2.75) is 24.9 Å². The SMILES string of the molecule is O=C(O)CN(CCN(CC(=O)O)CC(=O)NC(Cc1cnc[nH]1)C(=O)O)CC(=O)NC(Cc1cnc[nH]1)C(=O)O. The Kier molecular flexibility index (Phi) is 12.2. The van der Waals surface area contributed by atoms with Gasteiger partial charge in [-0.25, -0.2) is 19.6 Å². The van der Waals surface area contributed by atoms with E-state index in [0.717, 1.165) is 9.80 Å². The summed E-state index contributed by atoms with van der Waals surface area (Å²) in [7, 11) is 0. The summed E-state index contributed by atoms with van der Waals surface area (Å²) in [6.45, 7) is -2.70. The standard InChI is InChI=1S/C22H30N8O10/c31-17(27-15(21(37)38)3-13-5-23-11-25-13)7-29(9-19(33)34)1-2-30(10-20(35)36)8-18(32)28-16(22(39)40)4-14-6-24-12-26-14/h5-6,11-12,15-16H,1-4,7-10H2,(H,23,25)(H,24,26)(H,27,31)(H,28,32)(H,33,34)(H,35,36)(H,37,38)(H,39,40). The predicted molar refractivity (Wildman–Crippen MR) is 132 cm³/mol. The maximum Gasteiger partial charge on any atom is 0.326 e. The van der Waals surface area contributed by atoms with Crippen LogP contribution in [0.4, 0.5) is 0 Å². The van der Waals surface area contributed by atoms with Crippen LogP contribution in [0.15, 0.2) is 25.0 Å². The van der Waals surface area contributed by atoms with Crippen molar-refractivity contribution in [2.75, 3.05) is 39.3 Å². The van der Waals surface area contributed by atoms with E-state index in [1.165, 1.54) is 25.0 Å². The number of carboxylic acids is 4. The topological polar surface area (TPSA) is 271 Å². The lowest BCUT2D eigenvalue weighted by Crippen LogP contribution is -2.50. The fourth-order valence-electron chi connectivity index (χ4n) is 3.61. The Balaban J connectivity index is 1.99. The number of carbonyl (C=O) groups excluding carboxylic acids is 2. The zero-order valence-corrected chi connectivity index (χ0v) is 21.1. The zero-order chi connectivity index (χ0) is 29.7. The first-order chi connectivity index (χ1) is 18.9. The fourth-order valence-corrected chi connectivity index (χ4v) is 3.61. The van der Waals surface area contributed by atoms with Gasteiger partial charge in [0.1, 0.15) is 12.1 Å². The second kappa shape index (κ2) is 15.5. The number of nitrogens with one attached hydrogen (secondary N) is 4. The normalized spacial score (nSPS) is 12.6. The number of nitrogens with zero attached hydrogens (tertiary/aromatic N) is 4. The van der Waals surface area contributed by atoms with Gasteiger partial charge in [0.2, 0.25) is 11.8 Å². The highest BCUT2D eigenvalue weighted by Crippen LogP contribution is 2.02. The summed E-state index contributed by atoms with van der Waals surface area (Å²) in [5.41, 5.74) is 0.903. The Morgan fingerprint density at radius 2 is 1.05 bits per heavy atom. The van der Waals surface area contributed by atoms with Crippen LogP contribution in [-0.2, 0) is 41.6 Å². The molecule has 0 saturated heterocycles. The highest BCUT2D eigenvalue weighted by Gasteiger charge is 2.25. The van der Waals surface area contributed by atoms with Crippen LogP contribution in [0.5, 0.6) is 0 Å². The number of rotatable bonds is 19. The van der Waals surface area contributed by atoms with Crippen molar-refractivity contribution in [2.24, 2.45) is 0 Å². The third-order valence-electron chi connectivity index (χ3n) is 5.41. The molecule has 2 amide bonds. The average Bonchev–Trinajstić information content (AvgIpc) is 3.55. The van der Waals surface area contributed by atoms with Gasteiger partial charge in [-0.05, 0) is 0 Å². The van der Waals surface area contributed by atoms with E-state index in [-0.39, 0.29) is 25.9 Å². The van der Waals surface area contributed by atoms with Gasteiger partial charge in [0.25, 0.3) is 0 Å². The molecular weight excluding hydrogens is 536 g/mol. The Morgan fingerprint density at radius 1 is 0.675 bits per heavy atom. The molecule has 18 heteroatoms. The third kappa shape index (κ3) is 11.7. The zero-order valence-electron chi connectivity index (χ0n) is 21.1. The van der Waals surface area contributed by atoms with Crippen molar-refractivity contribution in [3.8, 4) is 0 Å². The maximum absolute atomic E-state index is 12.5. The Hall–Kier alpha value is -4.84. The first kappa shape index (κ1) is 31.4. The smallest absolute Gasteiger partial charge is 0.326 e. The molecule has 0 saturated carbocycles. The maximum atomic E-state index is 12.5. The van der Waals surface area contributed by atoms with Crippen LogP contribution >= 0.6 is 0 Å². The van der Waals surface area contributed by atoms with E-state index < -0.39 is 74.0 Å². The monoisotopic (exact) mass is 566 g/mol. The molecule has 8 N–H and O–H groups in total. The number of aromatic amines is 2. The van der Waals surface area contributed by atoms with Crippen LogP contribution in [0, 0.1) is 0 Å². The van der Waals surface area contributed by atoms with Gasteiger partial charge in [0, 0.05) is 49.7 Å². The molecule has 218 valence electrons. The van der Waals surface area contributed by atoms with Gasteiger partial charge >= 0.3 is 23.9 Å². The van der Waals surface area contributed by atoms with Crippen LogP contribution in [0.2, 0.25) is 0 Å². The number of amides is 2. The summed E-state index contributed by atoms with van der Waals surface area (Å²) in [6, 6.07) is -2.65. The molecule has 0 aromatic carbocycles. The van der Waals surface area contributed by atoms with Gasteiger partial charge in [-0.2, -0.15) is 0 Å². The summed E-state index contributed by atoms with van der Waals surface area (Å²) >= 11 is 0. The molecule has 2 unspecified atom stereocenters. The van der Waals surface area contributed by atoms with Gasteiger partial charge in [-0.3, -0.25) is 29.0 Å². The minimum absolute atomic E-state index is 0.0980. The summed E-state index contributed by atoms with van der Waals surface area (Å²) in [5, 5.41) is 41.9. The Morgan fingerprint density at radius 3 is 1.32 bits per heavy atom. The van der Waals surface area contributed by atoms with E-state index in [9.17, 15) is 49.2 Å². The lowest BCUT2D eigenvalue weighted by atomic mass is 10.1. The number of imidazole rings is 2. The number of aromatic nitrogens is 4. The van der Waals surface area contributed by atoms with Crippen molar-refractivity contribution in [3.05, 3.63) is 36.4 Å². The summed E-state index contributed by atoms with van der Waals surface area (Å²) in [5.74, 6) is -6.83. The van der Waals surface area contributed by atoms with Gasteiger partial charge in [-0.15, -0.1) is 0 Å². The van der Waals surface area contributed by atoms with Gasteiger partial charge in [0.15, 0.2) is 0 Å². The van der Waals surface area contributed by atoms with Crippen LogP contribution < -0.4 is 10.6 Å². The number of carboxylic acid groups (broad SMARTS) is 4. The molecule has 2 aromatic rings. The van der Waals surface area contributed by atoms with Crippen LogP contribution in [0.3, 0.4) is 0 Å². The van der Waals surface area contributed by atoms with Crippen molar-refractivity contribution >= 4 is 35.7 Å². The number of aliphatic carboxylic acids is 4. The van der Waals surface area contributed by atoms with E-state index in [2.05, 4.69) is 30.6 Å². The lowest BCUT2D eigenvalue weighted by Gasteiger charge is -2.26. The van der Waals surface area contributed by atoms with Crippen molar-refractivity contribution in [1.82, 2.24) is 40.4 Å². The molecule has 0 bridgehead atoms. The summed E-state index contributed by atoms with van der Waals surface area (Å²) in [4.78, 5) is 86.1. The van der Waals surface area contributed by atoms with E-state index in [4.69, 9.17) is 0 Å². The van der Waals surface area contributed by atoms with Gasteiger partial charge in [-0.1, -0.05) is 0 Å². The molecule has 2 rings (SSSR count). The van der Waals surface area contributed by atoms with Crippen LogP contribution in [0.1, 0.15) is 11.4 Å². The second-order valence-electron chi connectivity index (χ2n) is 8.69. The molecule has 0 aliphatic rings. The van der Waals surface area contributed by atoms with Gasteiger partial charge < -0.3 is 41.0 Å². The fraction of sp³-hybridized carbons (Fsp3) is 0.455. The molecule has 0 spiro atoms. The summed E-state index contributed by atoms with van der Waals surface area (Å²) in [6.07, 6.45) is 5.27. The molecule has 18 nitrogen and oxygen atoms in total. The van der Waals surface area contributed by atoms with E-state index >= 15 is 0 Å². The van der Waals surface area contributed by atoms with Crippen LogP contribution in [-0.4, -0.2) is 137 Å². The average molecular weight is 567 g/mol. The number of carbonyl (C=O) groups is 6. The highest BCUT2D eigenvalue weighted by atomic mass is 16.4. The van der Waals surface area contributed by atoms with E-state index in [1.54, 1.807) is 0 Å². The molecule has 2 atom stereocenters. The first-order valence-corrected chi connectivity index (χ1v) is 11.8. The molecule has 0 aliphatic carbocycles. The lowest BCUT2D eigenvalue weighted by molar-refractivity contribution is -0.143. The van der Waals surface area contributed by atoms with E-state index in [0.29, 0.717) is 11.4 Å².